The summed E-state index contributed by atoms with van der Waals surface area (Å²) in [5.41, 5.74) is 1.50. The lowest BCUT2D eigenvalue weighted by Gasteiger charge is -2.45. The summed E-state index contributed by atoms with van der Waals surface area (Å²) in [6.45, 7) is 4.04. The second-order valence-electron chi connectivity index (χ2n) is 7.61. The molecule has 2 aliphatic rings. The summed E-state index contributed by atoms with van der Waals surface area (Å²) in [6.07, 6.45) is 2.25. The molecule has 1 N–H and O–H groups in total. The van der Waals surface area contributed by atoms with Crippen molar-refractivity contribution in [2.24, 2.45) is 5.92 Å². The molecule has 0 radical (unpaired) electrons. The van der Waals surface area contributed by atoms with Crippen molar-refractivity contribution in [3.63, 3.8) is 0 Å². The zero-order valence-electron chi connectivity index (χ0n) is 15.7. The molecular weight excluding hydrogens is 376 g/mol. The maximum absolute atomic E-state index is 12.9. The topological polar surface area (TPSA) is 79.7 Å². The van der Waals surface area contributed by atoms with E-state index in [-0.39, 0.29) is 17.9 Å². The number of amides is 1. The molecule has 2 aromatic rings. The molecule has 1 aromatic carbocycles. The molecule has 6 nitrogen and oxygen atoms in total. The van der Waals surface area contributed by atoms with Crippen LogP contribution in [-0.2, 0) is 20.9 Å². The van der Waals surface area contributed by atoms with Crippen molar-refractivity contribution in [3.8, 4) is 0 Å². The smallest absolute Gasteiger partial charge is 0.330 e. The third-order valence-electron chi connectivity index (χ3n) is 5.30. The van der Waals surface area contributed by atoms with E-state index in [0.717, 1.165) is 5.56 Å². The van der Waals surface area contributed by atoms with Gasteiger partial charge in [0, 0.05) is 17.1 Å². The summed E-state index contributed by atoms with van der Waals surface area (Å²) in [6, 6.07) is 12.3. The standard InChI is InChI=1S/C21H22N2O4S/c1-21(2)17(20(26)27-12-13-7-4-3-5-8-13)23-18(25)15(19(23)28-21)16(24)14-9-6-10-22-11-14/h3-11,15-17,19,24H,12H2,1-2H3/t15-,16?,17+,19-/m1/s1. The SMILES string of the molecule is CC1(C)S[C@@H]2[C@H](C(O)c3cccnc3)C(=O)N2[C@H]1C(=O)OCc1ccccc1. The highest BCUT2D eigenvalue weighted by Gasteiger charge is 2.65. The van der Waals surface area contributed by atoms with Gasteiger partial charge in [-0.2, -0.15) is 0 Å². The zero-order valence-corrected chi connectivity index (χ0v) is 16.5. The number of thioether (sulfide) groups is 1. The van der Waals surface area contributed by atoms with Crippen LogP contribution in [0.5, 0.6) is 0 Å². The Morgan fingerprint density at radius 2 is 2.04 bits per heavy atom. The van der Waals surface area contributed by atoms with Crippen molar-refractivity contribution in [1.82, 2.24) is 9.88 Å². The molecule has 28 heavy (non-hydrogen) atoms. The number of fused-ring (bicyclic) bond motifs is 1. The number of aromatic nitrogens is 1. The van der Waals surface area contributed by atoms with Crippen molar-refractivity contribution in [2.75, 3.05) is 0 Å². The summed E-state index contributed by atoms with van der Waals surface area (Å²) in [5.74, 6) is -1.21. The average molecular weight is 398 g/mol. The molecule has 0 aliphatic carbocycles. The van der Waals surface area contributed by atoms with Crippen molar-refractivity contribution >= 4 is 23.6 Å². The van der Waals surface area contributed by atoms with E-state index in [0.29, 0.717) is 5.56 Å². The molecular formula is C21H22N2O4S. The minimum Gasteiger partial charge on any atom is -0.459 e. The van der Waals surface area contributed by atoms with Crippen LogP contribution in [-0.4, -0.2) is 43.0 Å². The largest absolute Gasteiger partial charge is 0.459 e. The molecule has 4 rings (SSSR count). The highest BCUT2D eigenvalue weighted by atomic mass is 32.2. The number of β-lactam (4-membered cyclic amide) rings is 1. The fraction of sp³-hybridized carbons (Fsp3) is 0.381. The number of carbonyl (C=O) groups excluding carboxylic acids is 2. The van der Waals surface area contributed by atoms with E-state index < -0.39 is 28.8 Å². The molecule has 1 aromatic heterocycles. The van der Waals surface area contributed by atoms with Gasteiger partial charge in [-0.05, 0) is 31.0 Å². The van der Waals surface area contributed by atoms with E-state index in [1.807, 2.05) is 44.2 Å². The summed E-state index contributed by atoms with van der Waals surface area (Å²) in [4.78, 5) is 31.3. The zero-order chi connectivity index (χ0) is 19.9. The van der Waals surface area contributed by atoms with Crippen LogP contribution in [0.25, 0.3) is 0 Å². The maximum Gasteiger partial charge on any atom is 0.330 e. The summed E-state index contributed by atoms with van der Waals surface area (Å²) < 4.78 is 5.01. The third-order valence-corrected chi connectivity index (χ3v) is 6.89. The monoisotopic (exact) mass is 398 g/mol. The number of ether oxygens (including phenoxy) is 1. The molecule has 0 saturated carbocycles. The number of carbonyl (C=O) groups is 2. The quantitative estimate of drug-likeness (QED) is 0.616. The van der Waals surface area contributed by atoms with Crippen LogP contribution in [0.1, 0.15) is 31.1 Å². The number of aliphatic hydroxyl groups is 1. The molecule has 1 unspecified atom stereocenters. The van der Waals surface area contributed by atoms with Crippen LogP contribution in [0.15, 0.2) is 54.9 Å². The Morgan fingerprint density at radius 1 is 1.29 bits per heavy atom. The molecule has 1 amide bonds. The first-order valence-corrected chi connectivity index (χ1v) is 10.1. The van der Waals surface area contributed by atoms with Crippen molar-refractivity contribution in [3.05, 3.63) is 66.0 Å². The molecule has 4 atom stereocenters. The van der Waals surface area contributed by atoms with Gasteiger partial charge in [0.15, 0.2) is 0 Å². The first-order valence-electron chi connectivity index (χ1n) is 9.19. The van der Waals surface area contributed by atoms with Gasteiger partial charge in [0.2, 0.25) is 5.91 Å². The van der Waals surface area contributed by atoms with Gasteiger partial charge in [-0.15, -0.1) is 11.8 Å². The van der Waals surface area contributed by atoms with Crippen molar-refractivity contribution in [1.29, 1.82) is 0 Å². The first-order chi connectivity index (χ1) is 13.4. The normalized spacial score (nSPS) is 26.3. The Bertz CT molecular complexity index is 874. The van der Waals surface area contributed by atoms with Crippen LogP contribution < -0.4 is 0 Å². The van der Waals surface area contributed by atoms with E-state index >= 15 is 0 Å². The lowest BCUT2D eigenvalue weighted by atomic mass is 9.85. The number of nitrogens with zero attached hydrogens (tertiary/aromatic N) is 2. The Labute approximate surface area is 167 Å². The van der Waals surface area contributed by atoms with Crippen LogP contribution >= 0.6 is 11.8 Å². The molecule has 2 saturated heterocycles. The van der Waals surface area contributed by atoms with Gasteiger partial charge in [-0.1, -0.05) is 36.4 Å². The molecule has 0 bridgehead atoms. The molecule has 2 fully saturated rings. The van der Waals surface area contributed by atoms with E-state index in [2.05, 4.69) is 4.98 Å². The number of benzene rings is 1. The van der Waals surface area contributed by atoms with E-state index in [1.165, 1.54) is 11.8 Å². The fourth-order valence-electron chi connectivity index (χ4n) is 3.88. The number of hydrogen-bond acceptors (Lipinski definition) is 6. The Hall–Kier alpha value is -2.38. The average Bonchev–Trinajstić information content (AvgIpc) is 2.95. The highest BCUT2D eigenvalue weighted by molar-refractivity contribution is 8.01. The van der Waals surface area contributed by atoms with Gasteiger partial charge in [0.05, 0.1) is 17.4 Å². The van der Waals surface area contributed by atoms with Crippen molar-refractivity contribution in [2.45, 2.75) is 42.7 Å². The van der Waals surface area contributed by atoms with Crippen molar-refractivity contribution < 1.29 is 19.4 Å². The Morgan fingerprint density at radius 3 is 2.71 bits per heavy atom. The second-order valence-corrected chi connectivity index (χ2v) is 9.38. The summed E-state index contributed by atoms with van der Waals surface area (Å²) >= 11 is 1.53. The van der Waals surface area contributed by atoms with Gasteiger partial charge in [0.25, 0.3) is 0 Å². The lowest BCUT2D eigenvalue weighted by Crippen LogP contribution is -2.64. The Kier molecular flexibility index (Phi) is 4.89. The van der Waals surface area contributed by atoms with Crippen LogP contribution in [0.2, 0.25) is 0 Å². The molecule has 3 heterocycles. The van der Waals surface area contributed by atoms with Crippen LogP contribution in [0, 0.1) is 5.92 Å². The number of aliphatic hydroxyl groups excluding tert-OH is 1. The van der Waals surface area contributed by atoms with E-state index in [9.17, 15) is 14.7 Å². The molecule has 146 valence electrons. The third kappa shape index (κ3) is 3.18. The minimum absolute atomic E-state index is 0.172. The van der Waals surface area contributed by atoms with Gasteiger partial charge >= 0.3 is 5.97 Å². The van der Waals surface area contributed by atoms with Gasteiger partial charge in [-0.25, -0.2) is 4.79 Å². The highest BCUT2D eigenvalue weighted by Crippen LogP contribution is 2.56. The van der Waals surface area contributed by atoms with Gasteiger partial charge in [0.1, 0.15) is 12.6 Å². The lowest BCUT2D eigenvalue weighted by molar-refractivity contribution is -0.172. The second kappa shape index (κ2) is 7.22. The maximum atomic E-state index is 12.9. The molecule has 0 spiro atoms. The number of rotatable bonds is 5. The van der Waals surface area contributed by atoms with Crippen LogP contribution in [0.4, 0.5) is 0 Å². The van der Waals surface area contributed by atoms with E-state index in [1.54, 1.807) is 29.4 Å². The number of esters is 1. The van der Waals surface area contributed by atoms with Gasteiger partial charge in [-0.3, -0.25) is 9.78 Å². The first kappa shape index (κ1) is 19.0. The fourth-order valence-corrected chi connectivity index (χ4v) is 5.59. The number of pyridine rings is 1. The van der Waals surface area contributed by atoms with E-state index in [4.69, 9.17) is 4.74 Å². The number of hydrogen-bond donors (Lipinski definition) is 1. The van der Waals surface area contributed by atoms with Gasteiger partial charge < -0.3 is 14.7 Å². The molecule has 2 aliphatic heterocycles. The predicted molar refractivity (Wildman–Crippen MR) is 105 cm³/mol. The van der Waals surface area contributed by atoms with Crippen LogP contribution in [0.3, 0.4) is 0 Å². The minimum atomic E-state index is -0.940. The summed E-state index contributed by atoms with van der Waals surface area (Å²) in [7, 11) is 0. The Balaban J connectivity index is 1.48. The summed E-state index contributed by atoms with van der Waals surface area (Å²) in [5, 5.41) is 10.4. The molecule has 7 heteroatoms. The predicted octanol–water partition coefficient (Wildman–Crippen LogP) is 2.54.